The molecule has 17 heavy (non-hydrogen) atoms. The summed E-state index contributed by atoms with van der Waals surface area (Å²) in [6.45, 7) is 0. The summed E-state index contributed by atoms with van der Waals surface area (Å²) in [5.74, 6) is -0.884. The molecule has 0 unspecified atom stereocenters. The van der Waals surface area contributed by atoms with Gasteiger partial charge < -0.3 is 14.7 Å². The van der Waals surface area contributed by atoms with Gasteiger partial charge in [-0.1, -0.05) is 11.6 Å². The molecule has 0 fully saturated rings. The highest BCUT2D eigenvalue weighted by Crippen LogP contribution is 2.32. The highest BCUT2D eigenvalue weighted by molar-refractivity contribution is 7.86. The molecular weight excluding hydrogens is 270 g/mol. The first kappa shape index (κ1) is 13.6. The zero-order chi connectivity index (χ0) is 13.2. The van der Waals surface area contributed by atoms with Gasteiger partial charge in [0.25, 0.3) is 0 Å². The topological polar surface area (TPSA) is 95.7 Å². The predicted molar refractivity (Wildman–Crippen MR) is 62.7 cm³/mol. The molecule has 0 saturated carbocycles. The molecule has 94 valence electrons. The van der Waals surface area contributed by atoms with Crippen LogP contribution in [0.25, 0.3) is 0 Å². The average molecular weight is 280 g/mol. The number of carbonyl (C=O) groups excluding carboxylic acids is 1. The lowest BCUT2D eigenvalue weighted by atomic mass is 10.2. The third kappa shape index (κ3) is 3.50. The lowest BCUT2D eigenvalue weighted by molar-refractivity contribution is 0.0600. The molecule has 0 saturated heterocycles. The van der Waals surface area contributed by atoms with Crippen LogP contribution in [0.1, 0.15) is 10.4 Å². The van der Waals surface area contributed by atoms with Crippen LogP contribution in [0.3, 0.4) is 0 Å². The SMILES string of the molecule is COC(=O)c1cc(Cl)c(N)c(OS(C)(=O)=O)c1. The summed E-state index contributed by atoms with van der Waals surface area (Å²) in [6, 6.07) is 2.41. The number of hydrogen-bond acceptors (Lipinski definition) is 6. The Labute approximate surface area is 103 Å². The lowest BCUT2D eigenvalue weighted by Gasteiger charge is -2.09. The second kappa shape index (κ2) is 4.80. The number of benzene rings is 1. The lowest BCUT2D eigenvalue weighted by Crippen LogP contribution is -2.09. The fraction of sp³-hybridized carbons (Fsp3) is 0.222. The Morgan fingerprint density at radius 3 is 2.47 bits per heavy atom. The van der Waals surface area contributed by atoms with E-state index in [2.05, 4.69) is 8.92 Å². The van der Waals surface area contributed by atoms with Crippen molar-refractivity contribution in [2.45, 2.75) is 0 Å². The summed E-state index contributed by atoms with van der Waals surface area (Å²) in [6.07, 6.45) is 0.852. The van der Waals surface area contributed by atoms with E-state index >= 15 is 0 Å². The van der Waals surface area contributed by atoms with Crippen molar-refractivity contribution in [3.05, 3.63) is 22.7 Å². The first-order valence-electron chi connectivity index (χ1n) is 4.31. The Morgan fingerprint density at radius 1 is 1.41 bits per heavy atom. The fourth-order valence-electron chi connectivity index (χ4n) is 1.06. The van der Waals surface area contributed by atoms with Gasteiger partial charge in [0.1, 0.15) is 0 Å². The van der Waals surface area contributed by atoms with Crippen molar-refractivity contribution >= 4 is 33.4 Å². The average Bonchev–Trinajstić information content (AvgIpc) is 2.21. The van der Waals surface area contributed by atoms with Crippen molar-refractivity contribution in [2.75, 3.05) is 19.1 Å². The summed E-state index contributed by atoms with van der Waals surface area (Å²) in [4.78, 5) is 11.3. The summed E-state index contributed by atoms with van der Waals surface area (Å²) in [5, 5.41) is 0.00606. The van der Waals surface area contributed by atoms with Crippen molar-refractivity contribution in [1.82, 2.24) is 0 Å². The standard InChI is InChI=1S/C9H10ClNO5S/c1-15-9(12)5-3-6(10)8(11)7(4-5)16-17(2,13)14/h3-4H,11H2,1-2H3. The Bertz CT molecular complexity index is 555. The summed E-state index contributed by atoms with van der Waals surface area (Å²) < 4.78 is 31.0. The van der Waals surface area contributed by atoms with E-state index in [1.165, 1.54) is 13.2 Å². The van der Waals surface area contributed by atoms with E-state index < -0.39 is 16.1 Å². The molecule has 8 heteroatoms. The van der Waals surface area contributed by atoms with Crippen LogP contribution in [0, 0.1) is 0 Å². The Hall–Kier alpha value is -1.47. The zero-order valence-corrected chi connectivity index (χ0v) is 10.6. The van der Waals surface area contributed by atoms with Gasteiger partial charge in [0.15, 0.2) is 5.75 Å². The van der Waals surface area contributed by atoms with Gasteiger partial charge in [-0.2, -0.15) is 8.42 Å². The fourth-order valence-corrected chi connectivity index (χ4v) is 1.74. The number of nitrogens with two attached hydrogens (primary N) is 1. The molecule has 6 nitrogen and oxygen atoms in total. The second-order valence-electron chi connectivity index (χ2n) is 3.15. The van der Waals surface area contributed by atoms with Gasteiger partial charge in [0.05, 0.1) is 29.6 Å². The molecule has 0 atom stereocenters. The van der Waals surface area contributed by atoms with Gasteiger partial charge in [-0.05, 0) is 12.1 Å². The maximum atomic E-state index is 11.3. The number of hydrogen-bond donors (Lipinski definition) is 1. The number of ether oxygens (including phenoxy) is 1. The second-order valence-corrected chi connectivity index (χ2v) is 5.13. The molecule has 0 bridgehead atoms. The molecule has 0 radical (unpaired) electrons. The van der Waals surface area contributed by atoms with Crippen molar-refractivity contribution < 1.29 is 22.1 Å². The van der Waals surface area contributed by atoms with E-state index in [-0.39, 0.29) is 22.0 Å². The number of esters is 1. The van der Waals surface area contributed by atoms with Gasteiger partial charge >= 0.3 is 16.1 Å². The van der Waals surface area contributed by atoms with E-state index in [1.54, 1.807) is 0 Å². The molecule has 0 spiro atoms. The third-order valence-corrected chi connectivity index (χ3v) is 2.55. The first-order valence-corrected chi connectivity index (χ1v) is 6.51. The van der Waals surface area contributed by atoms with Crippen LogP contribution in [-0.2, 0) is 14.9 Å². The van der Waals surface area contributed by atoms with Crippen LogP contribution in [0.15, 0.2) is 12.1 Å². The van der Waals surface area contributed by atoms with Gasteiger partial charge in [0, 0.05) is 0 Å². The Morgan fingerprint density at radius 2 is 2.00 bits per heavy atom. The van der Waals surface area contributed by atoms with Crippen LogP contribution >= 0.6 is 11.6 Å². The maximum Gasteiger partial charge on any atom is 0.338 e. The minimum Gasteiger partial charge on any atom is -0.465 e. The van der Waals surface area contributed by atoms with Crippen LogP contribution in [0.5, 0.6) is 5.75 Å². The number of rotatable bonds is 3. The van der Waals surface area contributed by atoms with Crippen molar-refractivity contribution in [3.63, 3.8) is 0 Å². The van der Waals surface area contributed by atoms with Crippen LogP contribution in [0.2, 0.25) is 5.02 Å². The third-order valence-electron chi connectivity index (χ3n) is 1.75. The summed E-state index contributed by atoms with van der Waals surface area (Å²) >= 11 is 5.74. The van der Waals surface area contributed by atoms with Crippen LogP contribution in [-0.4, -0.2) is 27.8 Å². The van der Waals surface area contributed by atoms with E-state index in [0.29, 0.717) is 0 Å². The zero-order valence-electron chi connectivity index (χ0n) is 9.06. The molecule has 0 aromatic heterocycles. The molecule has 2 N–H and O–H groups in total. The maximum absolute atomic E-state index is 11.3. The van der Waals surface area contributed by atoms with E-state index in [0.717, 1.165) is 12.3 Å². The number of nitrogen functional groups attached to an aromatic ring is 1. The van der Waals surface area contributed by atoms with Gasteiger partial charge in [-0.25, -0.2) is 4.79 Å². The largest absolute Gasteiger partial charge is 0.465 e. The molecule has 1 aromatic carbocycles. The summed E-state index contributed by atoms with van der Waals surface area (Å²) in [5.41, 5.74) is 5.51. The molecular formula is C9H10ClNO5S. The van der Waals surface area contributed by atoms with Gasteiger partial charge in [-0.15, -0.1) is 0 Å². The monoisotopic (exact) mass is 279 g/mol. The highest BCUT2D eigenvalue weighted by Gasteiger charge is 2.16. The molecule has 0 aliphatic carbocycles. The van der Waals surface area contributed by atoms with Crippen LogP contribution in [0.4, 0.5) is 5.69 Å². The normalized spacial score (nSPS) is 11.0. The number of methoxy groups -OCH3 is 1. The molecule has 0 aliphatic rings. The van der Waals surface area contributed by atoms with Gasteiger partial charge in [-0.3, -0.25) is 0 Å². The molecule has 1 aromatic rings. The molecule has 0 heterocycles. The minimum absolute atomic E-state index is 0.00606. The minimum atomic E-state index is -3.76. The summed E-state index contributed by atoms with van der Waals surface area (Å²) in [7, 11) is -2.57. The predicted octanol–water partition coefficient (Wildman–Crippen LogP) is 1.05. The highest BCUT2D eigenvalue weighted by atomic mass is 35.5. The van der Waals surface area contributed by atoms with Crippen LogP contribution < -0.4 is 9.92 Å². The van der Waals surface area contributed by atoms with Gasteiger partial charge in [0.2, 0.25) is 0 Å². The number of halogens is 1. The Balaban J connectivity index is 3.30. The molecule has 1 rings (SSSR count). The van der Waals surface area contributed by atoms with Crippen molar-refractivity contribution in [3.8, 4) is 5.75 Å². The van der Waals surface area contributed by atoms with E-state index in [9.17, 15) is 13.2 Å². The number of anilines is 1. The van der Waals surface area contributed by atoms with E-state index in [4.69, 9.17) is 17.3 Å². The smallest absolute Gasteiger partial charge is 0.338 e. The Kier molecular flexibility index (Phi) is 3.84. The molecule has 0 amide bonds. The van der Waals surface area contributed by atoms with Crippen molar-refractivity contribution in [1.29, 1.82) is 0 Å². The first-order chi connectivity index (χ1) is 7.74. The quantitative estimate of drug-likeness (QED) is 0.505. The molecule has 0 aliphatic heterocycles. The number of carbonyl (C=O) groups is 1. The van der Waals surface area contributed by atoms with E-state index in [1.807, 2.05) is 0 Å². The van der Waals surface area contributed by atoms with Crippen molar-refractivity contribution in [2.24, 2.45) is 0 Å².